The zero-order valence-electron chi connectivity index (χ0n) is 8.65. The molecule has 1 aliphatic heterocycles. The molecular formula is C10H17N3O. The summed E-state index contributed by atoms with van der Waals surface area (Å²) in [5, 5.41) is 3.59. The Labute approximate surface area is 84.3 Å². The van der Waals surface area contributed by atoms with E-state index in [0.29, 0.717) is 12.5 Å². The first-order chi connectivity index (χ1) is 6.77. The molecule has 1 saturated heterocycles. The molecular weight excluding hydrogens is 178 g/mol. The second kappa shape index (κ2) is 3.79. The van der Waals surface area contributed by atoms with Gasteiger partial charge in [0.25, 0.3) is 0 Å². The third kappa shape index (κ3) is 1.60. The van der Waals surface area contributed by atoms with Gasteiger partial charge in [0.1, 0.15) is 0 Å². The highest BCUT2D eigenvalue weighted by atomic mass is 16.5. The lowest BCUT2D eigenvalue weighted by Gasteiger charge is -2.29. The van der Waals surface area contributed by atoms with Crippen LogP contribution in [0.25, 0.3) is 10.4 Å². The molecule has 1 spiro atoms. The smallest absolute Gasteiger partial charge is 0.0712 e. The molecule has 4 nitrogen and oxygen atoms in total. The Bertz CT molecular complexity index is 262. The Balaban J connectivity index is 1.96. The summed E-state index contributed by atoms with van der Waals surface area (Å²) in [5.74, 6) is 0.679. The lowest BCUT2D eigenvalue weighted by molar-refractivity contribution is -0.0579. The maximum Gasteiger partial charge on any atom is 0.0712 e. The largest absolute Gasteiger partial charge is 0.371 e. The second-order valence-corrected chi connectivity index (χ2v) is 4.55. The number of rotatable bonds is 2. The van der Waals surface area contributed by atoms with Crippen LogP contribution in [-0.2, 0) is 4.74 Å². The Morgan fingerprint density at radius 3 is 3.00 bits per heavy atom. The van der Waals surface area contributed by atoms with Crippen LogP contribution in [-0.4, -0.2) is 18.2 Å². The number of hydrogen-bond donors (Lipinski definition) is 0. The van der Waals surface area contributed by atoms with Gasteiger partial charge in [0.2, 0.25) is 0 Å². The van der Waals surface area contributed by atoms with Crippen LogP contribution in [0.4, 0.5) is 0 Å². The van der Waals surface area contributed by atoms with E-state index in [4.69, 9.17) is 10.3 Å². The van der Waals surface area contributed by atoms with Crippen LogP contribution in [0, 0.1) is 5.92 Å². The van der Waals surface area contributed by atoms with E-state index in [2.05, 4.69) is 16.9 Å². The summed E-state index contributed by atoms with van der Waals surface area (Å²) >= 11 is 0. The summed E-state index contributed by atoms with van der Waals surface area (Å²) in [4.78, 5) is 2.78. The van der Waals surface area contributed by atoms with E-state index in [9.17, 15) is 0 Å². The van der Waals surface area contributed by atoms with Crippen molar-refractivity contribution in [2.75, 3.05) is 6.54 Å². The van der Waals surface area contributed by atoms with Gasteiger partial charge in [-0.2, -0.15) is 0 Å². The number of ether oxygens (including phenoxy) is 1. The molecule has 78 valence electrons. The Morgan fingerprint density at radius 1 is 1.50 bits per heavy atom. The average Bonchev–Trinajstić information content (AvgIpc) is 2.74. The van der Waals surface area contributed by atoms with Crippen molar-refractivity contribution in [3.05, 3.63) is 10.4 Å². The number of hydrogen-bond acceptors (Lipinski definition) is 2. The van der Waals surface area contributed by atoms with Gasteiger partial charge in [-0.3, -0.25) is 0 Å². The fourth-order valence-corrected chi connectivity index (χ4v) is 2.87. The molecule has 1 saturated carbocycles. The van der Waals surface area contributed by atoms with Crippen molar-refractivity contribution in [2.24, 2.45) is 11.0 Å². The Kier molecular flexibility index (Phi) is 2.66. The summed E-state index contributed by atoms with van der Waals surface area (Å²) in [6, 6.07) is 0. The molecule has 0 aromatic heterocycles. The van der Waals surface area contributed by atoms with Crippen LogP contribution < -0.4 is 0 Å². The van der Waals surface area contributed by atoms with E-state index in [0.717, 1.165) is 12.8 Å². The van der Waals surface area contributed by atoms with Gasteiger partial charge >= 0.3 is 0 Å². The molecule has 0 aromatic rings. The van der Waals surface area contributed by atoms with E-state index >= 15 is 0 Å². The molecule has 0 bridgehead atoms. The van der Waals surface area contributed by atoms with Crippen molar-refractivity contribution in [2.45, 2.75) is 50.7 Å². The van der Waals surface area contributed by atoms with E-state index in [1.54, 1.807) is 0 Å². The molecule has 0 amide bonds. The summed E-state index contributed by atoms with van der Waals surface area (Å²) in [6.45, 7) is 2.79. The molecule has 0 N–H and O–H groups in total. The van der Waals surface area contributed by atoms with E-state index < -0.39 is 0 Å². The maximum absolute atomic E-state index is 8.24. The summed E-state index contributed by atoms with van der Waals surface area (Å²) < 4.78 is 6.06. The second-order valence-electron chi connectivity index (χ2n) is 4.55. The molecule has 2 rings (SSSR count). The highest BCUT2D eigenvalue weighted by molar-refractivity contribution is 4.97. The molecule has 14 heavy (non-hydrogen) atoms. The lowest BCUT2D eigenvalue weighted by Crippen LogP contribution is -2.32. The summed E-state index contributed by atoms with van der Waals surface area (Å²) in [6.07, 6.45) is 6.15. The minimum atomic E-state index is 0.135. The van der Waals surface area contributed by atoms with Gasteiger partial charge in [-0.25, -0.2) is 0 Å². The van der Waals surface area contributed by atoms with Crippen molar-refractivity contribution in [1.82, 2.24) is 0 Å². The zero-order valence-corrected chi connectivity index (χ0v) is 8.65. The molecule has 4 heteroatoms. The van der Waals surface area contributed by atoms with E-state index in [1.165, 1.54) is 19.3 Å². The minimum Gasteiger partial charge on any atom is -0.371 e. The van der Waals surface area contributed by atoms with E-state index in [-0.39, 0.29) is 11.7 Å². The summed E-state index contributed by atoms with van der Waals surface area (Å²) in [5.41, 5.74) is 8.37. The standard InChI is InChI=1S/C10H17N3O/c1-8-3-2-5-10(8)6-4-9(14-10)7-12-13-11/h8-9H,2-7H2,1H3. The van der Waals surface area contributed by atoms with Gasteiger partial charge in [0.15, 0.2) is 0 Å². The van der Waals surface area contributed by atoms with Crippen molar-refractivity contribution in [3.8, 4) is 0 Å². The van der Waals surface area contributed by atoms with Crippen LogP contribution in [0.3, 0.4) is 0 Å². The number of nitrogens with zero attached hydrogens (tertiary/aromatic N) is 3. The van der Waals surface area contributed by atoms with Crippen LogP contribution in [0.1, 0.15) is 39.0 Å². The number of azide groups is 1. The molecule has 2 fully saturated rings. The van der Waals surface area contributed by atoms with Gasteiger partial charge in [-0.15, -0.1) is 0 Å². The third-order valence-electron chi connectivity index (χ3n) is 3.77. The van der Waals surface area contributed by atoms with Crippen molar-refractivity contribution in [3.63, 3.8) is 0 Å². The third-order valence-corrected chi connectivity index (χ3v) is 3.77. The van der Waals surface area contributed by atoms with Crippen LogP contribution in [0.2, 0.25) is 0 Å². The van der Waals surface area contributed by atoms with Gasteiger partial charge in [0.05, 0.1) is 18.2 Å². The quantitative estimate of drug-likeness (QED) is 0.379. The fraction of sp³-hybridized carbons (Fsp3) is 1.00. The minimum absolute atomic E-state index is 0.135. The average molecular weight is 195 g/mol. The monoisotopic (exact) mass is 195 g/mol. The van der Waals surface area contributed by atoms with Gasteiger partial charge in [-0.05, 0) is 37.1 Å². The van der Waals surface area contributed by atoms with Crippen LogP contribution in [0.15, 0.2) is 5.11 Å². The lowest BCUT2D eigenvalue weighted by atomic mass is 9.89. The normalized spacial score (nSPS) is 41.5. The topological polar surface area (TPSA) is 58.0 Å². The first-order valence-electron chi connectivity index (χ1n) is 5.45. The first kappa shape index (κ1) is 9.81. The first-order valence-corrected chi connectivity index (χ1v) is 5.45. The highest BCUT2D eigenvalue weighted by Crippen LogP contribution is 2.47. The molecule has 0 aromatic carbocycles. The van der Waals surface area contributed by atoms with Gasteiger partial charge in [0, 0.05) is 4.91 Å². The SMILES string of the molecule is CC1CCCC12CCC(CN=[N+]=[N-])O2. The predicted molar refractivity (Wildman–Crippen MR) is 53.9 cm³/mol. The Morgan fingerprint density at radius 2 is 2.36 bits per heavy atom. The van der Waals surface area contributed by atoms with Crippen molar-refractivity contribution < 1.29 is 4.74 Å². The molecule has 1 heterocycles. The van der Waals surface area contributed by atoms with Gasteiger partial charge < -0.3 is 4.74 Å². The molecule has 1 aliphatic carbocycles. The van der Waals surface area contributed by atoms with Crippen molar-refractivity contribution in [1.29, 1.82) is 0 Å². The molecule has 2 aliphatic rings. The highest BCUT2D eigenvalue weighted by Gasteiger charge is 2.46. The van der Waals surface area contributed by atoms with Crippen LogP contribution >= 0.6 is 0 Å². The maximum atomic E-state index is 8.24. The molecule has 3 unspecified atom stereocenters. The van der Waals surface area contributed by atoms with Crippen molar-refractivity contribution >= 4 is 0 Å². The summed E-state index contributed by atoms with van der Waals surface area (Å²) in [7, 11) is 0. The fourth-order valence-electron chi connectivity index (χ4n) is 2.87. The van der Waals surface area contributed by atoms with Crippen LogP contribution in [0.5, 0.6) is 0 Å². The molecule has 3 atom stereocenters. The predicted octanol–water partition coefficient (Wildman–Crippen LogP) is 3.03. The van der Waals surface area contributed by atoms with E-state index in [1.807, 2.05) is 0 Å². The van der Waals surface area contributed by atoms with Gasteiger partial charge in [-0.1, -0.05) is 18.5 Å². The zero-order chi connectivity index (χ0) is 10.0. The molecule has 0 radical (unpaired) electrons. The Hall–Kier alpha value is -0.730.